The molecule has 28 heavy (non-hydrogen) atoms. The van der Waals surface area contributed by atoms with Gasteiger partial charge in [-0.1, -0.05) is 45.0 Å². The zero-order valence-electron chi connectivity index (χ0n) is 16.4. The molecule has 3 N–H and O–H groups in total. The molecule has 146 valence electrons. The molecule has 0 saturated heterocycles. The summed E-state index contributed by atoms with van der Waals surface area (Å²) in [6.07, 6.45) is 0. The molecule has 0 radical (unpaired) electrons. The van der Waals surface area contributed by atoms with Crippen LogP contribution in [0.15, 0.2) is 48.5 Å². The lowest BCUT2D eigenvalue weighted by Gasteiger charge is -2.28. The molecular weight excluding hydrogens is 356 g/mol. The molecule has 3 aromatic rings. The number of amides is 1. The highest BCUT2D eigenvalue weighted by Gasteiger charge is 2.33. The van der Waals surface area contributed by atoms with Gasteiger partial charge >= 0.3 is 5.97 Å². The van der Waals surface area contributed by atoms with E-state index in [0.717, 1.165) is 10.9 Å². The Balaban J connectivity index is 1.90. The summed E-state index contributed by atoms with van der Waals surface area (Å²) in [5.41, 5.74) is 1.95. The number of rotatable bonds is 5. The summed E-state index contributed by atoms with van der Waals surface area (Å²) in [6, 6.07) is 14.5. The Morgan fingerprint density at radius 2 is 1.82 bits per heavy atom. The first-order valence-electron chi connectivity index (χ1n) is 9.00. The monoisotopic (exact) mass is 380 g/mol. The van der Waals surface area contributed by atoms with Crippen molar-refractivity contribution in [2.75, 3.05) is 12.4 Å². The number of fused-ring (bicyclic) bond motifs is 1. The minimum atomic E-state index is -0.899. The second kappa shape index (κ2) is 7.38. The van der Waals surface area contributed by atoms with Gasteiger partial charge in [-0.25, -0.2) is 0 Å². The van der Waals surface area contributed by atoms with Crippen molar-refractivity contribution in [1.82, 2.24) is 4.98 Å². The number of nitrogens with one attached hydrogen (secondary N) is 2. The smallest absolute Gasteiger partial charge is 0.311 e. The summed E-state index contributed by atoms with van der Waals surface area (Å²) in [4.78, 5) is 27.5. The SMILES string of the molecule is COc1cc(C(C(=O)O)C(C)(C)C)ccc1NC(=O)c1cc2ccccc2[nH]1. The van der Waals surface area contributed by atoms with Crippen molar-refractivity contribution >= 4 is 28.5 Å². The van der Waals surface area contributed by atoms with Crippen LogP contribution in [0.3, 0.4) is 0 Å². The van der Waals surface area contributed by atoms with E-state index in [4.69, 9.17) is 4.74 Å². The maximum absolute atomic E-state index is 12.6. The van der Waals surface area contributed by atoms with Crippen LogP contribution in [0.25, 0.3) is 10.9 Å². The lowest BCUT2D eigenvalue weighted by molar-refractivity contribution is -0.141. The zero-order valence-corrected chi connectivity index (χ0v) is 16.4. The third kappa shape index (κ3) is 3.86. The second-order valence-corrected chi connectivity index (χ2v) is 7.82. The molecule has 1 amide bonds. The molecule has 0 aliphatic heterocycles. The molecule has 6 heteroatoms. The number of carboxylic acid groups (broad SMARTS) is 1. The van der Waals surface area contributed by atoms with Gasteiger partial charge in [-0.05, 0) is 35.2 Å². The average Bonchev–Trinajstić information content (AvgIpc) is 3.05. The van der Waals surface area contributed by atoms with Gasteiger partial charge < -0.3 is 20.1 Å². The number of aromatic nitrogens is 1. The van der Waals surface area contributed by atoms with Crippen molar-refractivity contribution < 1.29 is 19.4 Å². The van der Waals surface area contributed by atoms with Gasteiger partial charge in [0.2, 0.25) is 0 Å². The number of methoxy groups -OCH3 is 1. The number of carbonyl (C=O) groups excluding carboxylic acids is 1. The van der Waals surface area contributed by atoms with Crippen LogP contribution in [-0.4, -0.2) is 29.1 Å². The van der Waals surface area contributed by atoms with E-state index in [9.17, 15) is 14.7 Å². The molecule has 6 nitrogen and oxygen atoms in total. The van der Waals surface area contributed by atoms with Crippen molar-refractivity contribution in [1.29, 1.82) is 0 Å². The van der Waals surface area contributed by atoms with Gasteiger partial charge in [0, 0.05) is 10.9 Å². The van der Waals surface area contributed by atoms with Crippen LogP contribution in [0.2, 0.25) is 0 Å². The lowest BCUT2D eigenvalue weighted by atomic mass is 9.76. The molecule has 0 fully saturated rings. The number of para-hydroxylation sites is 1. The van der Waals surface area contributed by atoms with E-state index < -0.39 is 17.3 Å². The highest BCUT2D eigenvalue weighted by molar-refractivity contribution is 6.06. The van der Waals surface area contributed by atoms with Gasteiger partial charge in [-0.15, -0.1) is 0 Å². The molecule has 2 aromatic carbocycles. The standard InChI is InChI=1S/C22H24N2O4/c1-22(2,3)19(21(26)27)14-9-10-16(18(12-14)28-4)24-20(25)17-11-13-7-5-6-8-15(13)23-17/h5-12,19,23H,1-4H3,(H,24,25)(H,26,27). The highest BCUT2D eigenvalue weighted by atomic mass is 16.5. The number of carboxylic acids is 1. The molecule has 1 aromatic heterocycles. The predicted octanol–water partition coefficient (Wildman–Crippen LogP) is 4.64. The minimum Gasteiger partial charge on any atom is -0.495 e. The first kappa shape index (κ1) is 19.5. The Morgan fingerprint density at radius 3 is 2.43 bits per heavy atom. The number of hydrogen-bond acceptors (Lipinski definition) is 3. The molecule has 0 aliphatic carbocycles. The minimum absolute atomic E-state index is 0.298. The van der Waals surface area contributed by atoms with Crippen molar-refractivity contribution in [3.63, 3.8) is 0 Å². The average molecular weight is 380 g/mol. The molecule has 3 rings (SSSR count). The molecule has 0 spiro atoms. The maximum atomic E-state index is 12.6. The molecule has 0 aliphatic rings. The Kier molecular flexibility index (Phi) is 5.14. The summed E-state index contributed by atoms with van der Waals surface area (Å²) in [6.45, 7) is 5.64. The fourth-order valence-corrected chi connectivity index (χ4v) is 3.39. The van der Waals surface area contributed by atoms with Crippen LogP contribution >= 0.6 is 0 Å². The Morgan fingerprint density at radius 1 is 1.11 bits per heavy atom. The largest absolute Gasteiger partial charge is 0.495 e. The van der Waals surface area contributed by atoms with Crippen molar-refractivity contribution in [2.45, 2.75) is 26.7 Å². The lowest BCUT2D eigenvalue weighted by Crippen LogP contribution is -2.26. The van der Waals surface area contributed by atoms with E-state index in [-0.39, 0.29) is 5.91 Å². The zero-order chi connectivity index (χ0) is 20.5. The quantitative estimate of drug-likeness (QED) is 0.601. The van der Waals surface area contributed by atoms with Crippen molar-refractivity contribution in [3.05, 3.63) is 59.8 Å². The Bertz CT molecular complexity index is 997. The maximum Gasteiger partial charge on any atom is 0.311 e. The molecule has 0 saturated carbocycles. The number of carbonyl (C=O) groups is 2. The third-order valence-electron chi connectivity index (χ3n) is 4.69. The van der Waals surface area contributed by atoms with Gasteiger partial charge in [-0.3, -0.25) is 9.59 Å². The van der Waals surface area contributed by atoms with Crippen LogP contribution in [-0.2, 0) is 4.79 Å². The summed E-state index contributed by atoms with van der Waals surface area (Å²) in [5.74, 6) is -1.48. The molecular formula is C22H24N2O4. The van der Waals surface area contributed by atoms with E-state index >= 15 is 0 Å². The summed E-state index contributed by atoms with van der Waals surface area (Å²) < 4.78 is 5.41. The van der Waals surface area contributed by atoms with Crippen LogP contribution < -0.4 is 10.1 Å². The Hall–Kier alpha value is -3.28. The summed E-state index contributed by atoms with van der Waals surface area (Å²) in [7, 11) is 1.49. The number of aromatic amines is 1. The molecule has 1 heterocycles. The van der Waals surface area contributed by atoms with Crippen LogP contribution in [0.1, 0.15) is 42.7 Å². The molecule has 1 unspecified atom stereocenters. The van der Waals surface area contributed by atoms with Crippen LogP contribution in [0.4, 0.5) is 5.69 Å². The normalized spacial score (nSPS) is 12.6. The van der Waals surface area contributed by atoms with Gasteiger partial charge in [-0.2, -0.15) is 0 Å². The van der Waals surface area contributed by atoms with Gasteiger partial charge in [0.25, 0.3) is 5.91 Å². The van der Waals surface area contributed by atoms with E-state index in [1.54, 1.807) is 24.3 Å². The van der Waals surface area contributed by atoms with E-state index in [1.165, 1.54) is 7.11 Å². The number of anilines is 1. The topological polar surface area (TPSA) is 91.4 Å². The van der Waals surface area contributed by atoms with Gasteiger partial charge in [0.15, 0.2) is 0 Å². The first-order chi connectivity index (χ1) is 13.2. The fourth-order valence-electron chi connectivity index (χ4n) is 3.39. The molecule has 0 bridgehead atoms. The number of benzene rings is 2. The van der Waals surface area contributed by atoms with Gasteiger partial charge in [0.1, 0.15) is 11.4 Å². The number of hydrogen-bond donors (Lipinski definition) is 3. The highest BCUT2D eigenvalue weighted by Crippen LogP contribution is 2.38. The summed E-state index contributed by atoms with van der Waals surface area (Å²) in [5, 5.41) is 13.4. The second-order valence-electron chi connectivity index (χ2n) is 7.82. The summed E-state index contributed by atoms with van der Waals surface area (Å²) >= 11 is 0. The fraction of sp³-hybridized carbons (Fsp3) is 0.273. The van der Waals surface area contributed by atoms with E-state index in [2.05, 4.69) is 10.3 Å². The third-order valence-corrected chi connectivity index (χ3v) is 4.69. The Labute approximate surface area is 163 Å². The molecule has 1 atom stereocenters. The number of ether oxygens (including phenoxy) is 1. The van der Waals surface area contributed by atoms with Crippen molar-refractivity contribution in [2.24, 2.45) is 5.41 Å². The van der Waals surface area contributed by atoms with E-state index in [0.29, 0.717) is 22.7 Å². The first-order valence-corrected chi connectivity index (χ1v) is 9.00. The van der Waals surface area contributed by atoms with Gasteiger partial charge in [0.05, 0.1) is 18.7 Å². The van der Waals surface area contributed by atoms with Crippen molar-refractivity contribution in [3.8, 4) is 5.75 Å². The van der Waals surface area contributed by atoms with Crippen LogP contribution in [0.5, 0.6) is 5.75 Å². The predicted molar refractivity (Wildman–Crippen MR) is 109 cm³/mol. The number of H-pyrrole nitrogens is 1. The number of aliphatic carboxylic acids is 1. The van der Waals surface area contributed by atoms with E-state index in [1.807, 2.05) is 45.0 Å². The van der Waals surface area contributed by atoms with Crippen LogP contribution in [0, 0.1) is 5.41 Å².